The van der Waals surface area contributed by atoms with Gasteiger partial charge in [-0.3, -0.25) is 14.4 Å². The lowest BCUT2D eigenvalue weighted by Gasteiger charge is -2.41. The first kappa shape index (κ1) is 36.4. The normalized spacial score (nSPS) is 25.8. The van der Waals surface area contributed by atoms with Crippen LogP contribution in [0.1, 0.15) is 67.4 Å². The number of ether oxygens (including phenoxy) is 4. The maximum Gasteiger partial charge on any atom is 0.249 e. The van der Waals surface area contributed by atoms with E-state index in [4.69, 9.17) is 18.9 Å². The van der Waals surface area contributed by atoms with Gasteiger partial charge in [-0.15, -0.1) is 0 Å². The fraction of sp³-hybridized carbons (Fsp3) is 0.553. The summed E-state index contributed by atoms with van der Waals surface area (Å²) in [6.45, 7) is 6.35. The lowest BCUT2D eigenvalue weighted by atomic mass is 9.75. The minimum Gasteiger partial charge on any atom is -0.496 e. The van der Waals surface area contributed by atoms with Crippen LogP contribution in [0.15, 0.2) is 48.0 Å². The maximum atomic E-state index is 14.3. The number of benzene rings is 2. The third kappa shape index (κ3) is 7.79. The molecular weight excluding hydrogens is 628 g/mol. The molecule has 11 heteroatoms. The summed E-state index contributed by atoms with van der Waals surface area (Å²) in [5.74, 6) is 0.993. The van der Waals surface area contributed by atoms with Gasteiger partial charge in [-0.05, 0) is 66.9 Å². The third-order valence-electron chi connectivity index (χ3n) is 10.3. The Morgan fingerprint density at radius 2 is 1.88 bits per heavy atom. The molecule has 0 radical (unpaired) electrons. The Labute approximate surface area is 288 Å². The van der Waals surface area contributed by atoms with Crippen LogP contribution in [0.4, 0.5) is 0 Å². The van der Waals surface area contributed by atoms with Gasteiger partial charge in [-0.1, -0.05) is 45.4 Å². The predicted octanol–water partition coefficient (Wildman–Crippen LogP) is 3.69. The van der Waals surface area contributed by atoms with Gasteiger partial charge in [0.2, 0.25) is 11.8 Å². The Morgan fingerprint density at radius 3 is 2.57 bits per heavy atom. The molecule has 11 nitrogen and oxygen atoms in total. The number of fused-ring (bicyclic) bond motifs is 3. The minimum absolute atomic E-state index is 0.00725. The number of nitrogens with zero attached hydrogens (tertiary/aromatic N) is 1. The average molecular weight is 679 g/mol. The molecule has 0 aromatic heterocycles. The van der Waals surface area contributed by atoms with Gasteiger partial charge in [0.05, 0.1) is 38.9 Å². The second kappa shape index (κ2) is 16.2. The lowest BCUT2D eigenvalue weighted by molar-refractivity contribution is -0.147. The van der Waals surface area contributed by atoms with Crippen molar-refractivity contribution in [3.63, 3.8) is 0 Å². The molecule has 2 amide bonds. The first-order valence-corrected chi connectivity index (χ1v) is 17.3. The topological polar surface area (TPSA) is 144 Å². The van der Waals surface area contributed by atoms with Crippen molar-refractivity contribution in [2.24, 2.45) is 17.8 Å². The van der Waals surface area contributed by atoms with Gasteiger partial charge in [0.1, 0.15) is 30.9 Å². The molecule has 2 aromatic carbocycles. The zero-order valence-corrected chi connectivity index (χ0v) is 29.1. The molecule has 0 bridgehead atoms. The summed E-state index contributed by atoms with van der Waals surface area (Å²) in [4.78, 5) is 41.4. The van der Waals surface area contributed by atoms with E-state index in [1.807, 2.05) is 24.3 Å². The van der Waals surface area contributed by atoms with E-state index in [0.717, 1.165) is 24.8 Å². The Kier molecular flexibility index (Phi) is 12.0. The zero-order chi connectivity index (χ0) is 35.2. The molecule has 2 aliphatic carbocycles. The number of amides is 2. The smallest absolute Gasteiger partial charge is 0.249 e. The van der Waals surface area contributed by atoms with E-state index in [9.17, 15) is 24.6 Å². The number of aliphatic hydroxyl groups excluding tert-OH is 2. The number of hydrogen-bond donors (Lipinski definition) is 3. The molecule has 7 atom stereocenters. The molecule has 3 N–H and O–H groups in total. The fourth-order valence-electron chi connectivity index (χ4n) is 7.72. The Hall–Kier alpha value is -3.93. The molecular formula is C38H50N2O9. The predicted molar refractivity (Wildman–Crippen MR) is 183 cm³/mol. The van der Waals surface area contributed by atoms with Crippen molar-refractivity contribution >= 4 is 18.1 Å². The van der Waals surface area contributed by atoms with E-state index in [1.54, 1.807) is 30.2 Å². The summed E-state index contributed by atoms with van der Waals surface area (Å²) in [5.41, 5.74) is 1.99. The van der Waals surface area contributed by atoms with E-state index in [0.29, 0.717) is 58.8 Å². The molecule has 1 aliphatic heterocycles. The SMILES string of the molecule is COc1ccccc1CCN(C(=O)COC1CC(C)CCC1C(C)C)C1C=C(C(=O)NCCO)C2c3cc(C=O)cc(OC)c3OC2C1O. The number of methoxy groups -OCH3 is 2. The lowest BCUT2D eigenvalue weighted by Crippen LogP contribution is -2.57. The highest BCUT2D eigenvalue weighted by atomic mass is 16.5. The van der Waals surface area contributed by atoms with Crippen LogP contribution in [0.5, 0.6) is 17.2 Å². The van der Waals surface area contributed by atoms with Crippen molar-refractivity contribution in [3.8, 4) is 17.2 Å². The van der Waals surface area contributed by atoms with E-state index >= 15 is 0 Å². The van der Waals surface area contributed by atoms with Crippen LogP contribution in [-0.4, -0.2) is 98.1 Å². The highest BCUT2D eigenvalue weighted by molar-refractivity contribution is 5.96. The van der Waals surface area contributed by atoms with Crippen molar-refractivity contribution in [1.29, 1.82) is 0 Å². The quantitative estimate of drug-likeness (QED) is 0.255. The number of hydrogen-bond acceptors (Lipinski definition) is 9. The highest BCUT2D eigenvalue weighted by Gasteiger charge is 2.51. The van der Waals surface area contributed by atoms with Gasteiger partial charge in [0, 0.05) is 29.8 Å². The number of carbonyl (C=O) groups excluding carboxylic acids is 3. The van der Waals surface area contributed by atoms with Gasteiger partial charge in [0.15, 0.2) is 11.5 Å². The van der Waals surface area contributed by atoms with E-state index in [2.05, 4.69) is 26.1 Å². The van der Waals surface area contributed by atoms with Gasteiger partial charge >= 0.3 is 0 Å². The zero-order valence-electron chi connectivity index (χ0n) is 29.1. The van der Waals surface area contributed by atoms with Gasteiger partial charge < -0.3 is 39.4 Å². The van der Waals surface area contributed by atoms with Crippen LogP contribution in [0.2, 0.25) is 0 Å². The van der Waals surface area contributed by atoms with Crippen molar-refractivity contribution in [2.45, 2.75) is 76.7 Å². The van der Waals surface area contributed by atoms with Crippen molar-refractivity contribution in [3.05, 3.63) is 64.7 Å². The Morgan fingerprint density at radius 1 is 1.12 bits per heavy atom. The molecule has 7 unspecified atom stereocenters. The number of para-hydroxylation sites is 1. The summed E-state index contributed by atoms with van der Waals surface area (Å²) < 4.78 is 23.9. The van der Waals surface area contributed by atoms with Gasteiger partial charge in [0.25, 0.3) is 0 Å². The monoisotopic (exact) mass is 678 g/mol. The highest BCUT2D eigenvalue weighted by Crippen LogP contribution is 2.51. The van der Waals surface area contributed by atoms with E-state index < -0.39 is 30.1 Å². The molecule has 1 heterocycles. The number of carbonyl (C=O) groups is 3. The first-order chi connectivity index (χ1) is 23.6. The van der Waals surface area contributed by atoms with E-state index in [-0.39, 0.29) is 43.9 Å². The Balaban J connectivity index is 1.52. The van der Waals surface area contributed by atoms with Crippen LogP contribution >= 0.6 is 0 Å². The molecule has 266 valence electrons. The summed E-state index contributed by atoms with van der Waals surface area (Å²) in [5, 5.41) is 24.3. The summed E-state index contributed by atoms with van der Waals surface area (Å²) in [6, 6.07) is 9.77. The third-order valence-corrected chi connectivity index (χ3v) is 10.3. The average Bonchev–Trinajstić information content (AvgIpc) is 3.50. The minimum atomic E-state index is -1.25. The van der Waals surface area contributed by atoms with Crippen LogP contribution in [0.25, 0.3) is 0 Å². The molecule has 2 aromatic rings. The fourth-order valence-corrected chi connectivity index (χ4v) is 7.72. The molecule has 0 spiro atoms. The van der Waals surface area contributed by atoms with Crippen molar-refractivity contribution in [1.82, 2.24) is 10.2 Å². The maximum absolute atomic E-state index is 14.3. The number of aldehydes is 1. The number of rotatable bonds is 14. The summed E-state index contributed by atoms with van der Waals surface area (Å²) in [6.07, 6.45) is 3.48. The van der Waals surface area contributed by atoms with E-state index in [1.165, 1.54) is 7.11 Å². The first-order valence-electron chi connectivity index (χ1n) is 17.3. The second-order valence-electron chi connectivity index (χ2n) is 13.7. The van der Waals surface area contributed by atoms with Crippen LogP contribution in [0.3, 0.4) is 0 Å². The van der Waals surface area contributed by atoms with Crippen LogP contribution < -0.4 is 19.5 Å². The van der Waals surface area contributed by atoms with Crippen molar-refractivity contribution < 1.29 is 43.5 Å². The molecule has 49 heavy (non-hydrogen) atoms. The second-order valence-corrected chi connectivity index (χ2v) is 13.7. The van der Waals surface area contributed by atoms with Gasteiger partial charge in [-0.25, -0.2) is 0 Å². The summed E-state index contributed by atoms with van der Waals surface area (Å²) >= 11 is 0. The molecule has 3 aliphatic rings. The van der Waals surface area contributed by atoms with Crippen LogP contribution in [0, 0.1) is 17.8 Å². The number of aliphatic hydroxyl groups is 2. The van der Waals surface area contributed by atoms with Crippen molar-refractivity contribution in [2.75, 3.05) is 40.5 Å². The van der Waals surface area contributed by atoms with Gasteiger partial charge in [-0.2, -0.15) is 0 Å². The molecule has 5 rings (SSSR count). The standard InChI is InChI=1S/C38H50N2O9/c1-22(2)26-11-10-23(3)16-31(26)48-21-33(43)40(14-12-25-8-6-7-9-30(25)46-4)29-19-28(38(45)39-13-15-41)34-27-17-24(20-42)18-32(47-5)36(27)49-37(34)35(29)44/h6-9,17-20,22-23,26,29,31,34-35,37,41,44H,10-16,21H2,1-5H3,(H,39,45). The largest absolute Gasteiger partial charge is 0.496 e. The number of nitrogens with one attached hydrogen (secondary N) is 1. The van der Waals surface area contributed by atoms with Crippen LogP contribution in [-0.2, 0) is 20.7 Å². The Bertz CT molecular complexity index is 1520. The molecule has 1 saturated carbocycles. The summed E-state index contributed by atoms with van der Waals surface area (Å²) in [7, 11) is 3.05. The molecule has 1 fully saturated rings. The molecule has 0 saturated heterocycles.